The second-order valence-corrected chi connectivity index (χ2v) is 7.65. The number of amides is 1. The van der Waals surface area contributed by atoms with E-state index < -0.39 is 0 Å². The molecule has 2 N–H and O–H groups in total. The quantitative estimate of drug-likeness (QED) is 0.375. The van der Waals surface area contributed by atoms with E-state index in [1.54, 1.807) is 11.8 Å². The van der Waals surface area contributed by atoms with Crippen molar-refractivity contribution >= 4 is 46.2 Å². The second kappa shape index (κ2) is 6.65. The summed E-state index contributed by atoms with van der Waals surface area (Å²) in [5.74, 6) is -0.224. The molecule has 2 aliphatic heterocycles. The topological polar surface area (TPSA) is 65.8 Å². The zero-order valence-corrected chi connectivity index (χ0v) is 15.9. The van der Waals surface area contributed by atoms with Gasteiger partial charge in [-0.3, -0.25) is 4.79 Å². The molecule has 0 atom stereocenters. The lowest BCUT2D eigenvalue weighted by molar-refractivity contribution is -0.110. The molecule has 3 aromatic carbocycles. The van der Waals surface area contributed by atoms with Crippen molar-refractivity contribution in [1.29, 1.82) is 0 Å². The fourth-order valence-corrected chi connectivity index (χ4v) is 4.22. The molecule has 0 unspecified atom stereocenters. The van der Waals surface area contributed by atoms with Crippen LogP contribution in [0.4, 0.5) is 17.1 Å². The highest BCUT2D eigenvalue weighted by atomic mass is 32.2. The van der Waals surface area contributed by atoms with Gasteiger partial charge in [-0.2, -0.15) is 5.10 Å². The number of anilines is 3. The van der Waals surface area contributed by atoms with Crippen LogP contribution in [0.2, 0.25) is 0 Å². The summed E-state index contributed by atoms with van der Waals surface area (Å²) in [5.41, 5.74) is 5.76. The van der Waals surface area contributed by atoms with Crippen LogP contribution in [0.1, 0.15) is 18.1 Å². The standard InChI is InChI=1S/C22H16N4OS/c1-13(25-26-21-15-6-2-3-7-16(15)24-22(21)27)14-10-11-20-18(12-14)23-17-8-4-5-9-19(17)28-20/h2-12,23H,1H3,(H,24,26,27). The molecule has 5 nitrogen and oxygen atoms in total. The highest BCUT2D eigenvalue weighted by Gasteiger charge is 2.25. The van der Waals surface area contributed by atoms with Crippen LogP contribution in [0.5, 0.6) is 0 Å². The maximum atomic E-state index is 12.2. The summed E-state index contributed by atoms with van der Waals surface area (Å²) in [6.45, 7) is 1.90. The van der Waals surface area contributed by atoms with Crippen molar-refractivity contribution in [3.05, 3.63) is 77.9 Å². The Kier molecular flexibility index (Phi) is 3.98. The molecule has 0 spiro atoms. The number of carbonyl (C=O) groups excluding carboxylic acids is 1. The number of nitrogens with zero attached hydrogens (tertiary/aromatic N) is 2. The van der Waals surface area contributed by atoms with Gasteiger partial charge in [0.15, 0.2) is 5.71 Å². The second-order valence-electron chi connectivity index (χ2n) is 6.57. The molecule has 0 saturated heterocycles. The Morgan fingerprint density at radius 2 is 1.61 bits per heavy atom. The minimum Gasteiger partial charge on any atom is -0.354 e. The predicted octanol–water partition coefficient (Wildman–Crippen LogP) is 5.06. The van der Waals surface area contributed by atoms with Crippen LogP contribution in [0, 0.1) is 0 Å². The van der Waals surface area contributed by atoms with Gasteiger partial charge in [0, 0.05) is 15.4 Å². The van der Waals surface area contributed by atoms with Crippen LogP contribution in [0.15, 0.2) is 86.7 Å². The molecule has 6 heteroatoms. The van der Waals surface area contributed by atoms with Crippen LogP contribution >= 0.6 is 11.8 Å². The third kappa shape index (κ3) is 2.88. The molecule has 0 radical (unpaired) electrons. The van der Waals surface area contributed by atoms with E-state index in [0.29, 0.717) is 5.71 Å². The van der Waals surface area contributed by atoms with Gasteiger partial charge in [-0.05, 0) is 42.8 Å². The van der Waals surface area contributed by atoms with Gasteiger partial charge >= 0.3 is 0 Å². The number of carbonyl (C=O) groups is 1. The number of hydrogen-bond donors (Lipinski definition) is 2. The van der Waals surface area contributed by atoms with Crippen molar-refractivity contribution in [2.45, 2.75) is 16.7 Å². The molecule has 1 amide bonds. The smallest absolute Gasteiger partial charge is 0.276 e. The van der Waals surface area contributed by atoms with Gasteiger partial charge in [-0.15, -0.1) is 5.10 Å². The Hall–Kier alpha value is -3.38. The molecular formula is C22H16N4OS. The molecule has 0 fully saturated rings. The number of benzene rings is 3. The van der Waals surface area contributed by atoms with Crippen molar-refractivity contribution < 1.29 is 4.79 Å². The van der Waals surface area contributed by atoms with E-state index in [0.717, 1.165) is 33.9 Å². The molecule has 5 rings (SSSR count). The number of rotatable bonds is 2. The van der Waals surface area contributed by atoms with Crippen molar-refractivity contribution in [1.82, 2.24) is 0 Å². The summed E-state index contributed by atoms with van der Waals surface area (Å²) in [4.78, 5) is 14.6. The number of hydrogen-bond acceptors (Lipinski definition) is 5. The molecule has 0 bridgehead atoms. The van der Waals surface area contributed by atoms with E-state index in [1.165, 1.54) is 9.79 Å². The summed E-state index contributed by atoms with van der Waals surface area (Å²) in [6.07, 6.45) is 0. The van der Waals surface area contributed by atoms with Gasteiger partial charge in [0.05, 0.1) is 22.8 Å². The minimum absolute atomic E-state index is 0.224. The van der Waals surface area contributed by atoms with E-state index in [1.807, 2.05) is 49.4 Å². The summed E-state index contributed by atoms with van der Waals surface area (Å²) < 4.78 is 0. The van der Waals surface area contributed by atoms with Gasteiger partial charge in [0.2, 0.25) is 0 Å². The first kappa shape index (κ1) is 16.8. The van der Waals surface area contributed by atoms with E-state index >= 15 is 0 Å². The number of para-hydroxylation sites is 2. The summed E-state index contributed by atoms with van der Waals surface area (Å²) >= 11 is 1.75. The zero-order valence-electron chi connectivity index (χ0n) is 15.1. The summed E-state index contributed by atoms with van der Waals surface area (Å²) in [7, 11) is 0. The van der Waals surface area contributed by atoms with Crippen LogP contribution in [-0.4, -0.2) is 17.3 Å². The lowest BCUT2D eigenvalue weighted by Gasteiger charge is -2.21. The average Bonchev–Trinajstić information content (AvgIpc) is 3.05. The third-order valence-electron chi connectivity index (χ3n) is 4.72. The van der Waals surface area contributed by atoms with Crippen LogP contribution < -0.4 is 10.6 Å². The van der Waals surface area contributed by atoms with Crippen molar-refractivity contribution in [2.24, 2.45) is 10.2 Å². The molecule has 0 aromatic heterocycles. The van der Waals surface area contributed by atoms with Gasteiger partial charge in [-0.25, -0.2) is 0 Å². The normalized spacial score (nSPS) is 16.1. The van der Waals surface area contributed by atoms with Gasteiger partial charge in [0.1, 0.15) is 0 Å². The van der Waals surface area contributed by atoms with E-state index in [4.69, 9.17) is 0 Å². The zero-order chi connectivity index (χ0) is 19.1. The Balaban J connectivity index is 1.45. The molecule has 2 aliphatic rings. The molecule has 136 valence electrons. The maximum absolute atomic E-state index is 12.2. The van der Waals surface area contributed by atoms with E-state index in [2.05, 4.69) is 45.1 Å². The SMILES string of the molecule is CC(=N/N=C1\C(=O)Nc2ccccc21)c1ccc2c(c1)Nc1ccccc1S2. The Bertz CT molecular complexity index is 1180. The molecule has 2 heterocycles. The van der Waals surface area contributed by atoms with Gasteiger partial charge in [0.25, 0.3) is 5.91 Å². The molecule has 0 saturated carbocycles. The van der Waals surface area contributed by atoms with Crippen LogP contribution in [-0.2, 0) is 4.79 Å². The molecule has 3 aromatic rings. The fraction of sp³-hybridized carbons (Fsp3) is 0.0455. The molecule has 0 aliphatic carbocycles. The lowest BCUT2D eigenvalue weighted by atomic mass is 10.1. The first-order chi connectivity index (χ1) is 13.7. The summed E-state index contributed by atoms with van der Waals surface area (Å²) in [6, 6.07) is 21.9. The molecule has 28 heavy (non-hydrogen) atoms. The first-order valence-electron chi connectivity index (χ1n) is 8.90. The monoisotopic (exact) mass is 384 g/mol. The minimum atomic E-state index is -0.224. The third-order valence-corrected chi connectivity index (χ3v) is 5.87. The van der Waals surface area contributed by atoms with E-state index in [9.17, 15) is 4.79 Å². The predicted molar refractivity (Wildman–Crippen MR) is 114 cm³/mol. The van der Waals surface area contributed by atoms with Gasteiger partial charge in [-0.1, -0.05) is 48.2 Å². The Morgan fingerprint density at radius 3 is 2.50 bits per heavy atom. The van der Waals surface area contributed by atoms with Crippen LogP contribution in [0.3, 0.4) is 0 Å². The number of fused-ring (bicyclic) bond motifs is 3. The highest BCUT2D eigenvalue weighted by Crippen LogP contribution is 2.44. The van der Waals surface area contributed by atoms with Crippen molar-refractivity contribution in [2.75, 3.05) is 10.6 Å². The Labute approximate surface area is 166 Å². The summed E-state index contributed by atoms with van der Waals surface area (Å²) in [5, 5.41) is 14.9. The largest absolute Gasteiger partial charge is 0.354 e. The van der Waals surface area contributed by atoms with Crippen LogP contribution in [0.25, 0.3) is 0 Å². The highest BCUT2D eigenvalue weighted by molar-refractivity contribution is 7.99. The lowest BCUT2D eigenvalue weighted by Crippen LogP contribution is -2.14. The van der Waals surface area contributed by atoms with E-state index in [-0.39, 0.29) is 5.91 Å². The first-order valence-corrected chi connectivity index (χ1v) is 9.72. The fourth-order valence-electron chi connectivity index (χ4n) is 3.25. The van der Waals surface area contributed by atoms with Gasteiger partial charge < -0.3 is 10.6 Å². The average molecular weight is 384 g/mol. The van der Waals surface area contributed by atoms with Crippen molar-refractivity contribution in [3.8, 4) is 0 Å². The number of nitrogens with one attached hydrogen (secondary N) is 2. The Morgan fingerprint density at radius 1 is 0.857 bits per heavy atom. The van der Waals surface area contributed by atoms with Crippen molar-refractivity contribution in [3.63, 3.8) is 0 Å². The maximum Gasteiger partial charge on any atom is 0.276 e. The molecular weight excluding hydrogens is 368 g/mol.